The summed E-state index contributed by atoms with van der Waals surface area (Å²) >= 11 is 0. The summed E-state index contributed by atoms with van der Waals surface area (Å²) in [5.74, 6) is -0.510. The van der Waals surface area contributed by atoms with Crippen LogP contribution in [0.15, 0.2) is 60.8 Å². The van der Waals surface area contributed by atoms with Gasteiger partial charge in [-0.05, 0) is 55.7 Å². The number of aromatic nitrogens is 1. The molecule has 0 bridgehead atoms. The van der Waals surface area contributed by atoms with E-state index in [9.17, 15) is 14.7 Å². The number of carbonyl (C=O) groups excluding carboxylic acids is 2. The molecule has 2 amide bonds. The highest BCUT2D eigenvalue weighted by Crippen LogP contribution is 2.17. The topological polar surface area (TPSA) is 94.2 Å². The number of rotatable bonds is 7. The highest BCUT2D eigenvalue weighted by atomic mass is 16.3. The Kier molecular flexibility index (Phi) is 6.02. The SMILES string of the molecule is CC(C)(NC(=O)/C=C/c1cccc(O)c1)C(=O)NCCc1c[nH]c2ccccc12. The highest BCUT2D eigenvalue weighted by molar-refractivity contribution is 5.97. The summed E-state index contributed by atoms with van der Waals surface area (Å²) < 4.78 is 0. The zero-order valence-electron chi connectivity index (χ0n) is 16.5. The van der Waals surface area contributed by atoms with Gasteiger partial charge in [0.25, 0.3) is 0 Å². The van der Waals surface area contributed by atoms with Gasteiger partial charge < -0.3 is 20.7 Å². The summed E-state index contributed by atoms with van der Waals surface area (Å²) in [4.78, 5) is 27.9. The number of para-hydroxylation sites is 1. The van der Waals surface area contributed by atoms with Gasteiger partial charge in [-0.1, -0.05) is 30.3 Å². The minimum atomic E-state index is -1.06. The van der Waals surface area contributed by atoms with E-state index in [1.54, 1.807) is 44.2 Å². The zero-order valence-corrected chi connectivity index (χ0v) is 16.5. The van der Waals surface area contributed by atoms with Gasteiger partial charge >= 0.3 is 0 Å². The van der Waals surface area contributed by atoms with Crippen molar-refractivity contribution in [3.05, 3.63) is 71.9 Å². The second-order valence-electron chi connectivity index (χ2n) is 7.41. The van der Waals surface area contributed by atoms with Crippen LogP contribution in [0.1, 0.15) is 25.0 Å². The number of aromatic hydroxyl groups is 1. The number of carbonyl (C=O) groups is 2. The summed E-state index contributed by atoms with van der Waals surface area (Å²) in [5, 5.41) is 16.2. The molecule has 4 N–H and O–H groups in total. The maximum absolute atomic E-state index is 12.5. The molecule has 0 aliphatic rings. The molecular formula is C23H25N3O3. The number of phenolic OH excluding ortho intramolecular Hbond substituents is 1. The van der Waals surface area contributed by atoms with Gasteiger partial charge in [-0.25, -0.2) is 0 Å². The number of H-pyrrole nitrogens is 1. The Labute approximate surface area is 169 Å². The lowest BCUT2D eigenvalue weighted by Crippen LogP contribution is -2.54. The summed E-state index contributed by atoms with van der Waals surface area (Å²) in [6, 6.07) is 14.6. The fourth-order valence-electron chi connectivity index (χ4n) is 3.08. The number of amides is 2. The molecular weight excluding hydrogens is 366 g/mol. The van der Waals surface area contributed by atoms with Gasteiger partial charge in [-0.2, -0.15) is 0 Å². The first kappa shape index (κ1) is 20.2. The van der Waals surface area contributed by atoms with Crippen LogP contribution in [-0.4, -0.2) is 34.0 Å². The summed E-state index contributed by atoms with van der Waals surface area (Å²) in [6.07, 6.45) is 5.57. The Hall–Kier alpha value is -3.54. The molecule has 0 radical (unpaired) electrons. The molecule has 0 aliphatic carbocycles. The predicted molar refractivity (Wildman–Crippen MR) is 114 cm³/mol. The normalized spacial score (nSPS) is 11.7. The average molecular weight is 391 g/mol. The van der Waals surface area contributed by atoms with Crippen molar-refractivity contribution in [2.75, 3.05) is 6.54 Å². The first-order valence-corrected chi connectivity index (χ1v) is 9.48. The first-order chi connectivity index (χ1) is 13.8. The van der Waals surface area contributed by atoms with Crippen LogP contribution in [0.2, 0.25) is 0 Å². The fraction of sp³-hybridized carbons (Fsp3) is 0.217. The molecule has 6 nitrogen and oxygen atoms in total. The molecule has 0 aliphatic heterocycles. The van der Waals surface area contributed by atoms with E-state index in [-0.39, 0.29) is 17.6 Å². The third kappa shape index (κ3) is 5.25. The van der Waals surface area contributed by atoms with Gasteiger partial charge in [0.05, 0.1) is 0 Å². The van der Waals surface area contributed by atoms with E-state index in [1.807, 2.05) is 30.5 Å². The fourth-order valence-corrected chi connectivity index (χ4v) is 3.08. The molecule has 3 aromatic rings. The first-order valence-electron chi connectivity index (χ1n) is 9.48. The Morgan fingerprint density at radius 1 is 1.14 bits per heavy atom. The number of hydrogen-bond acceptors (Lipinski definition) is 3. The Morgan fingerprint density at radius 3 is 2.72 bits per heavy atom. The number of fused-ring (bicyclic) bond motifs is 1. The summed E-state index contributed by atoms with van der Waals surface area (Å²) in [7, 11) is 0. The van der Waals surface area contributed by atoms with Crippen molar-refractivity contribution in [3.8, 4) is 5.75 Å². The molecule has 29 heavy (non-hydrogen) atoms. The van der Waals surface area contributed by atoms with Crippen molar-refractivity contribution in [1.82, 2.24) is 15.6 Å². The number of phenols is 1. The molecule has 0 saturated carbocycles. The van der Waals surface area contributed by atoms with Gasteiger partial charge in [0.15, 0.2) is 0 Å². The molecule has 6 heteroatoms. The Balaban J connectivity index is 1.51. The molecule has 0 saturated heterocycles. The highest BCUT2D eigenvalue weighted by Gasteiger charge is 2.28. The monoisotopic (exact) mass is 391 g/mol. The van der Waals surface area contributed by atoms with Crippen LogP contribution in [0.5, 0.6) is 5.75 Å². The lowest BCUT2D eigenvalue weighted by molar-refractivity contribution is -0.130. The average Bonchev–Trinajstić information content (AvgIpc) is 3.09. The van der Waals surface area contributed by atoms with Crippen LogP contribution in [-0.2, 0) is 16.0 Å². The quantitative estimate of drug-likeness (QED) is 0.466. The van der Waals surface area contributed by atoms with Crippen molar-refractivity contribution in [3.63, 3.8) is 0 Å². The molecule has 3 rings (SSSR count). The maximum Gasteiger partial charge on any atom is 0.245 e. The molecule has 1 aromatic heterocycles. The molecule has 0 spiro atoms. The molecule has 0 unspecified atom stereocenters. The van der Waals surface area contributed by atoms with Crippen molar-refractivity contribution in [2.24, 2.45) is 0 Å². The lowest BCUT2D eigenvalue weighted by Gasteiger charge is -2.24. The molecule has 0 atom stereocenters. The van der Waals surface area contributed by atoms with Gasteiger partial charge in [0.2, 0.25) is 11.8 Å². The van der Waals surface area contributed by atoms with Gasteiger partial charge in [-0.15, -0.1) is 0 Å². The molecule has 0 fully saturated rings. The summed E-state index contributed by atoms with van der Waals surface area (Å²) in [5.41, 5.74) is 1.85. The third-order valence-corrected chi connectivity index (χ3v) is 4.66. The Morgan fingerprint density at radius 2 is 1.93 bits per heavy atom. The third-order valence-electron chi connectivity index (χ3n) is 4.66. The van der Waals surface area contributed by atoms with Crippen molar-refractivity contribution >= 4 is 28.8 Å². The van der Waals surface area contributed by atoms with E-state index in [4.69, 9.17) is 0 Å². The van der Waals surface area contributed by atoms with E-state index < -0.39 is 5.54 Å². The molecule has 150 valence electrons. The van der Waals surface area contributed by atoms with Gasteiger partial charge in [0, 0.05) is 29.7 Å². The van der Waals surface area contributed by atoms with Crippen LogP contribution in [0.3, 0.4) is 0 Å². The number of nitrogens with one attached hydrogen (secondary N) is 3. The molecule has 2 aromatic carbocycles. The summed E-state index contributed by atoms with van der Waals surface area (Å²) in [6.45, 7) is 3.79. The van der Waals surface area contributed by atoms with Crippen LogP contribution in [0.25, 0.3) is 17.0 Å². The van der Waals surface area contributed by atoms with Gasteiger partial charge in [-0.3, -0.25) is 9.59 Å². The van der Waals surface area contributed by atoms with E-state index in [2.05, 4.69) is 15.6 Å². The number of aromatic amines is 1. The van der Waals surface area contributed by atoms with E-state index in [0.29, 0.717) is 18.5 Å². The standard InChI is InChI=1S/C23H25N3O3/c1-23(2,26-21(28)11-10-16-6-5-7-18(27)14-16)22(29)24-13-12-17-15-25-20-9-4-3-8-19(17)20/h3-11,14-15,25,27H,12-13H2,1-2H3,(H,24,29)(H,26,28)/b11-10+. The second-order valence-corrected chi connectivity index (χ2v) is 7.41. The van der Waals surface area contributed by atoms with Crippen LogP contribution >= 0.6 is 0 Å². The van der Waals surface area contributed by atoms with E-state index in [0.717, 1.165) is 16.5 Å². The van der Waals surface area contributed by atoms with Crippen molar-refractivity contribution < 1.29 is 14.7 Å². The molecule has 1 heterocycles. The number of hydrogen-bond donors (Lipinski definition) is 4. The van der Waals surface area contributed by atoms with Gasteiger partial charge in [0.1, 0.15) is 11.3 Å². The minimum Gasteiger partial charge on any atom is -0.508 e. The largest absolute Gasteiger partial charge is 0.508 e. The number of benzene rings is 2. The van der Waals surface area contributed by atoms with Crippen molar-refractivity contribution in [1.29, 1.82) is 0 Å². The van der Waals surface area contributed by atoms with Crippen molar-refractivity contribution in [2.45, 2.75) is 25.8 Å². The predicted octanol–water partition coefficient (Wildman–Crippen LogP) is 3.14. The lowest BCUT2D eigenvalue weighted by atomic mass is 10.0. The van der Waals surface area contributed by atoms with Crippen LogP contribution in [0.4, 0.5) is 0 Å². The van der Waals surface area contributed by atoms with E-state index in [1.165, 1.54) is 6.08 Å². The van der Waals surface area contributed by atoms with E-state index >= 15 is 0 Å². The minimum absolute atomic E-state index is 0.127. The second kappa shape index (κ2) is 8.65. The van der Waals surface area contributed by atoms with Crippen LogP contribution in [0, 0.1) is 0 Å². The zero-order chi connectivity index (χ0) is 20.9. The smallest absolute Gasteiger partial charge is 0.245 e. The maximum atomic E-state index is 12.5. The Bertz CT molecular complexity index is 1050. The van der Waals surface area contributed by atoms with Crippen LogP contribution < -0.4 is 10.6 Å².